The third kappa shape index (κ3) is 2.82. The molecule has 1 aliphatic rings. The van der Waals surface area contributed by atoms with Gasteiger partial charge in [-0.2, -0.15) is 0 Å². The van der Waals surface area contributed by atoms with E-state index in [1.54, 1.807) is 6.08 Å². The van der Waals surface area contributed by atoms with Gasteiger partial charge in [0.05, 0.1) is 13.3 Å². The normalized spacial score (nSPS) is 19.3. The van der Waals surface area contributed by atoms with Gasteiger partial charge in [-0.1, -0.05) is 12.1 Å². The molecule has 0 saturated carbocycles. The fraction of sp³-hybridized carbons (Fsp3) is 0.333. The zero-order chi connectivity index (χ0) is 13.1. The predicted molar refractivity (Wildman–Crippen MR) is 81.9 cm³/mol. The first-order valence-electron chi connectivity index (χ1n) is 6.39. The Kier molecular flexibility index (Phi) is 4.13. The molecule has 0 aromatic carbocycles. The summed E-state index contributed by atoms with van der Waals surface area (Å²) in [6.07, 6.45) is 1.80. The summed E-state index contributed by atoms with van der Waals surface area (Å²) < 4.78 is 5.60. The number of rotatable bonds is 5. The fourth-order valence-electron chi connectivity index (χ4n) is 2.51. The average Bonchev–Trinajstić information content (AvgIpc) is 3.09. The Morgan fingerprint density at radius 1 is 1.37 bits per heavy atom. The largest absolute Gasteiger partial charge is 0.362 e. The highest BCUT2D eigenvalue weighted by Gasteiger charge is 2.27. The number of hydrogen-bond donors (Lipinski definition) is 0. The molecule has 2 aromatic heterocycles. The highest BCUT2D eigenvalue weighted by atomic mass is 32.1. The van der Waals surface area contributed by atoms with Crippen molar-refractivity contribution in [2.24, 2.45) is 0 Å². The Bertz CT molecular complexity index is 532. The van der Waals surface area contributed by atoms with Crippen molar-refractivity contribution in [2.75, 3.05) is 19.9 Å². The lowest BCUT2D eigenvalue weighted by atomic mass is 9.94. The Balaban J connectivity index is 1.78. The van der Waals surface area contributed by atoms with Crippen molar-refractivity contribution in [1.29, 1.82) is 0 Å². The summed E-state index contributed by atoms with van der Waals surface area (Å²) in [4.78, 5) is 5.31. The first-order chi connectivity index (χ1) is 9.38. The summed E-state index contributed by atoms with van der Waals surface area (Å²) in [5.41, 5.74) is 1.51. The van der Waals surface area contributed by atoms with Gasteiger partial charge in [0.1, 0.15) is 0 Å². The molecule has 1 aliphatic heterocycles. The van der Waals surface area contributed by atoms with Gasteiger partial charge in [0.25, 0.3) is 0 Å². The molecule has 0 radical (unpaired) electrons. The second kappa shape index (κ2) is 6.01. The second-order valence-corrected chi connectivity index (χ2v) is 6.65. The van der Waals surface area contributed by atoms with Crippen LogP contribution in [-0.4, -0.2) is 24.8 Å². The van der Waals surface area contributed by atoms with Crippen LogP contribution in [0.15, 0.2) is 41.6 Å². The van der Waals surface area contributed by atoms with Crippen LogP contribution in [0.25, 0.3) is 0 Å². The van der Waals surface area contributed by atoms with Crippen LogP contribution in [0.3, 0.4) is 0 Å². The van der Waals surface area contributed by atoms with Crippen LogP contribution < -0.4 is 0 Å². The van der Waals surface area contributed by atoms with Crippen LogP contribution in [-0.2, 0) is 11.3 Å². The SMILES string of the molecule is C=CCOCN1Cc2sccc2[C@@H](c2cccs2)C1. The first-order valence-corrected chi connectivity index (χ1v) is 8.15. The van der Waals surface area contributed by atoms with Crippen LogP contribution in [0, 0.1) is 0 Å². The molecule has 0 amide bonds. The number of hydrogen-bond acceptors (Lipinski definition) is 4. The quantitative estimate of drug-likeness (QED) is 0.611. The van der Waals surface area contributed by atoms with Crippen LogP contribution in [0.4, 0.5) is 0 Å². The van der Waals surface area contributed by atoms with E-state index in [4.69, 9.17) is 4.74 Å². The minimum atomic E-state index is 0.502. The van der Waals surface area contributed by atoms with Gasteiger partial charge in [0.15, 0.2) is 0 Å². The molecule has 2 nitrogen and oxygen atoms in total. The lowest BCUT2D eigenvalue weighted by Crippen LogP contribution is -2.34. The molecule has 0 bridgehead atoms. The van der Waals surface area contributed by atoms with Gasteiger partial charge in [-0.3, -0.25) is 4.90 Å². The summed E-state index contributed by atoms with van der Waals surface area (Å²) in [5.74, 6) is 0.502. The van der Waals surface area contributed by atoms with Crippen molar-refractivity contribution in [1.82, 2.24) is 4.90 Å². The number of nitrogens with zero attached hydrogens (tertiary/aromatic N) is 1. The summed E-state index contributed by atoms with van der Waals surface area (Å²) in [6.45, 7) is 7.04. The molecule has 4 heteroatoms. The van der Waals surface area contributed by atoms with E-state index in [0.717, 1.165) is 13.1 Å². The minimum Gasteiger partial charge on any atom is -0.362 e. The van der Waals surface area contributed by atoms with Crippen molar-refractivity contribution >= 4 is 22.7 Å². The Morgan fingerprint density at radius 2 is 2.32 bits per heavy atom. The number of ether oxygens (including phenoxy) is 1. The standard InChI is InChI=1S/C15H17NOS2/c1-2-6-17-11-16-9-13(14-4-3-7-18-14)12-5-8-19-15(12)10-16/h2-5,7-8,13H,1,6,9-11H2/t13-/m0/s1. The first kappa shape index (κ1) is 13.1. The maximum absolute atomic E-state index is 5.60. The highest BCUT2D eigenvalue weighted by Crippen LogP contribution is 2.37. The molecule has 0 aliphatic carbocycles. The van der Waals surface area contributed by atoms with Crippen molar-refractivity contribution in [2.45, 2.75) is 12.5 Å². The second-order valence-electron chi connectivity index (χ2n) is 4.67. The van der Waals surface area contributed by atoms with E-state index in [1.807, 2.05) is 22.7 Å². The van der Waals surface area contributed by atoms with E-state index in [0.29, 0.717) is 19.3 Å². The van der Waals surface area contributed by atoms with Gasteiger partial charge in [0.2, 0.25) is 0 Å². The van der Waals surface area contributed by atoms with E-state index in [2.05, 4.69) is 40.4 Å². The fourth-order valence-corrected chi connectivity index (χ4v) is 4.33. The van der Waals surface area contributed by atoms with E-state index < -0.39 is 0 Å². The molecule has 1 atom stereocenters. The molecule has 3 rings (SSSR count). The lowest BCUT2D eigenvalue weighted by Gasteiger charge is -2.32. The van der Waals surface area contributed by atoms with Crippen molar-refractivity contribution in [3.63, 3.8) is 0 Å². The van der Waals surface area contributed by atoms with Gasteiger partial charge < -0.3 is 4.74 Å². The molecule has 100 valence electrons. The van der Waals surface area contributed by atoms with E-state index in [9.17, 15) is 0 Å². The number of fused-ring (bicyclic) bond motifs is 1. The summed E-state index contributed by atoms with van der Waals surface area (Å²) >= 11 is 3.70. The van der Waals surface area contributed by atoms with Crippen molar-refractivity contribution < 1.29 is 4.74 Å². The Labute approximate surface area is 122 Å². The summed E-state index contributed by atoms with van der Waals surface area (Å²) in [6, 6.07) is 6.66. The van der Waals surface area contributed by atoms with E-state index in [-0.39, 0.29) is 0 Å². The van der Waals surface area contributed by atoms with Gasteiger partial charge in [-0.05, 0) is 28.5 Å². The van der Waals surface area contributed by atoms with Crippen LogP contribution in [0.2, 0.25) is 0 Å². The monoisotopic (exact) mass is 291 g/mol. The van der Waals surface area contributed by atoms with Gasteiger partial charge >= 0.3 is 0 Å². The van der Waals surface area contributed by atoms with E-state index in [1.165, 1.54) is 15.3 Å². The van der Waals surface area contributed by atoms with Crippen LogP contribution >= 0.6 is 22.7 Å². The maximum atomic E-state index is 5.60. The summed E-state index contributed by atoms with van der Waals surface area (Å²) in [5, 5.41) is 4.37. The molecule has 3 heterocycles. The van der Waals surface area contributed by atoms with E-state index >= 15 is 0 Å². The third-order valence-corrected chi connectivity index (χ3v) is 5.27. The number of thiophene rings is 2. The highest BCUT2D eigenvalue weighted by molar-refractivity contribution is 7.10. The van der Waals surface area contributed by atoms with Crippen molar-refractivity contribution in [3.8, 4) is 0 Å². The predicted octanol–water partition coefficient (Wildman–Crippen LogP) is 3.92. The Hall–Kier alpha value is -0.940. The molecular weight excluding hydrogens is 274 g/mol. The Morgan fingerprint density at radius 3 is 3.11 bits per heavy atom. The molecule has 2 aromatic rings. The summed E-state index contributed by atoms with van der Waals surface area (Å²) in [7, 11) is 0. The molecule has 0 spiro atoms. The van der Waals surface area contributed by atoms with Crippen molar-refractivity contribution in [3.05, 3.63) is 56.9 Å². The smallest absolute Gasteiger partial charge is 0.0997 e. The molecule has 0 fully saturated rings. The van der Waals surface area contributed by atoms with Gasteiger partial charge in [0, 0.05) is 28.8 Å². The zero-order valence-electron chi connectivity index (χ0n) is 10.7. The van der Waals surface area contributed by atoms with Gasteiger partial charge in [-0.15, -0.1) is 29.3 Å². The van der Waals surface area contributed by atoms with Gasteiger partial charge in [-0.25, -0.2) is 0 Å². The molecule has 0 N–H and O–H groups in total. The zero-order valence-corrected chi connectivity index (χ0v) is 12.4. The lowest BCUT2D eigenvalue weighted by molar-refractivity contribution is 0.0335. The molecule has 0 saturated heterocycles. The van der Waals surface area contributed by atoms with Crippen LogP contribution in [0.5, 0.6) is 0 Å². The molecular formula is C15H17NOS2. The van der Waals surface area contributed by atoms with Crippen LogP contribution in [0.1, 0.15) is 21.2 Å². The molecule has 19 heavy (non-hydrogen) atoms. The average molecular weight is 291 g/mol. The topological polar surface area (TPSA) is 12.5 Å². The third-order valence-electron chi connectivity index (χ3n) is 3.36. The minimum absolute atomic E-state index is 0.502. The molecule has 0 unspecified atom stereocenters. The maximum Gasteiger partial charge on any atom is 0.0997 e.